The molecule has 0 fully saturated rings. The van der Waals surface area contributed by atoms with E-state index < -0.39 is 21.7 Å². The number of nitro benzene ring substituents is 1. The van der Waals surface area contributed by atoms with E-state index in [1.807, 2.05) is 0 Å². The Labute approximate surface area is 153 Å². The van der Waals surface area contributed by atoms with Crippen molar-refractivity contribution < 1.29 is 14.6 Å². The first-order valence-electron chi connectivity index (χ1n) is 7.92. The second-order valence-corrected chi connectivity index (χ2v) is 5.72. The van der Waals surface area contributed by atoms with Gasteiger partial charge in [0, 0.05) is 35.8 Å². The minimum Gasteiger partial charge on any atom is -0.267 e. The molecule has 0 spiro atoms. The Morgan fingerprint density at radius 3 is 2.19 bits per heavy atom. The molecule has 0 aromatic heterocycles. The topological polar surface area (TPSA) is 116 Å². The Kier molecular flexibility index (Phi) is 4.98. The standard InChI is InChI=1S/C19H13N3O5/c23-19(14-4-2-1-3-5-14)20-18-12-16(22(26)27)10-11-17(18)13-6-8-15(9-7-13)21(24)25/h1-12,17H. The van der Waals surface area contributed by atoms with Crippen LogP contribution in [0.2, 0.25) is 0 Å². The summed E-state index contributed by atoms with van der Waals surface area (Å²) in [6.07, 6.45) is 4.13. The van der Waals surface area contributed by atoms with E-state index in [-0.39, 0.29) is 17.1 Å². The largest absolute Gasteiger partial charge is 0.277 e. The predicted octanol–water partition coefficient (Wildman–Crippen LogP) is 3.69. The van der Waals surface area contributed by atoms with E-state index in [1.165, 1.54) is 24.3 Å². The molecule has 3 rings (SSSR count). The van der Waals surface area contributed by atoms with Crippen LogP contribution >= 0.6 is 0 Å². The molecule has 1 atom stereocenters. The van der Waals surface area contributed by atoms with Crippen LogP contribution in [0.5, 0.6) is 0 Å². The van der Waals surface area contributed by atoms with Crippen LogP contribution in [0.15, 0.2) is 83.5 Å². The van der Waals surface area contributed by atoms with E-state index >= 15 is 0 Å². The highest BCUT2D eigenvalue weighted by Gasteiger charge is 2.24. The summed E-state index contributed by atoms with van der Waals surface area (Å²) in [4.78, 5) is 37.3. The van der Waals surface area contributed by atoms with Gasteiger partial charge in [-0.1, -0.05) is 36.4 Å². The molecule has 0 heterocycles. The number of aliphatic imine (C=N–C) groups is 1. The Morgan fingerprint density at radius 1 is 0.926 bits per heavy atom. The predicted molar refractivity (Wildman–Crippen MR) is 98.3 cm³/mol. The quantitative estimate of drug-likeness (QED) is 0.607. The number of hydrogen-bond acceptors (Lipinski definition) is 5. The molecule has 0 saturated carbocycles. The van der Waals surface area contributed by atoms with Gasteiger partial charge in [-0.05, 0) is 17.7 Å². The average molecular weight is 363 g/mol. The molecule has 27 heavy (non-hydrogen) atoms. The number of non-ortho nitro benzene ring substituents is 1. The Morgan fingerprint density at radius 2 is 1.59 bits per heavy atom. The van der Waals surface area contributed by atoms with Gasteiger partial charge in [0.05, 0.1) is 15.6 Å². The van der Waals surface area contributed by atoms with E-state index in [9.17, 15) is 25.0 Å². The number of amides is 1. The SMILES string of the molecule is O=C(N=C1C=C([N+](=O)[O-])C=CC1c1ccc([N+](=O)[O-])cc1)c1ccccc1. The lowest BCUT2D eigenvalue weighted by atomic mass is 9.89. The van der Waals surface area contributed by atoms with Gasteiger partial charge in [-0.25, -0.2) is 4.99 Å². The molecule has 134 valence electrons. The van der Waals surface area contributed by atoms with Crippen molar-refractivity contribution in [2.24, 2.45) is 4.99 Å². The number of allylic oxidation sites excluding steroid dienone is 3. The summed E-state index contributed by atoms with van der Waals surface area (Å²) >= 11 is 0. The van der Waals surface area contributed by atoms with Gasteiger partial charge in [0.2, 0.25) is 0 Å². The van der Waals surface area contributed by atoms with E-state index in [1.54, 1.807) is 48.5 Å². The fourth-order valence-corrected chi connectivity index (χ4v) is 2.65. The molecule has 1 aliphatic carbocycles. The van der Waals surface area contributed by atoms with E-state index in [4.69, 9.17) is 0 Å². The second-order valence-electron chi connectivity index (χ2n) is 5.72. The van der Waals surface area contributed by atoms with Gasteiger partial charge in [-0.2, -0.15) is 0 Å². The first-order chi connectivity index (χ1) is 13.0. The molecule has 1 aliphatic rings. The highest BCUT2D eigenvalue weighted by atomic mass is 16.6. The Bertz CT molecular complexity index is 992. The maximum Gasteiger partial charge on any atom is 0.277 e. The van der Waals surface area contributed by atoms with Crippen molar-refractivity contribution in [2.45, 2.75) is 5.92 Å². The smallest absolute Gasteiger partial charge is 0.267 e. The maximum absolute atomic E-state index is 12.4. The van der Waals surface area contributed by atoms with Crippen LogP contribution in [0.4, 0.5) is 5.69 Å². The van der Waals surface area contributed by atoms with E-state index in [2.05, 4.69) is 4.99 Å². The minimum absolute atomic E-state index is 0.0705. The van der Waals surface area contributed by atoms with Gasteiger partial charge < -0.3 is 0 Å². The zero-order valence-corrected chi connectivity index (χ0v) is 13.9. The Balaban J connectivity index is 2.00. The summed E-state index contributed by atoms with van der Waals surface area (Å²) in [6, 6.07) is 14.1. The van der Waals surface area contributed by atoms with Crippen LogP contribution in [0, 0.1) is 20.2 Å². The third-order valence-corrected chi connectivity index (χ3v) is 4.00. The van der Waals surface area contributed by atoms with Gasteiger partial charge in [-0.15, -0.1) is 0 Å². The van der Waals surface area contributed by atoms with Crippen molar-refractivity contribution in [2.75, 3.05) is 0 Å². The Hall–Kier alpha value is -3.94. The molecule has 0 N–H and O–H groups in total. The molecule has 0 aliphatic heterocycles. The summed E-state index contributed by atoms with van der Waals surface area (Å²) in [6.45, 7) is 0. The molecule has 8 heteroatoms. The monoisotopic (exact) mass is 363 g/mol. The van der Waals surface area contributed by atoms with Crippen molar-refractivity contribution in [3.63, 3.8) is 0 Å². The highest BCUT2D eigenvalue weighted by molar-refractivity contribution is 6.11. The normalized spacial score (nSPS) is 17.4. The van der Waals surface area contributed by atoms with E-state index in [0.29, 0.717) is 11.1 Å². The number of nitro groups is 2. The summed E-state index contributed by atoms with van der Waals surface area (Å²) < 4.78 is 0. The molecular weight excluding hydrogens is 350 g/mol. The molecule has 0 bridgehead atoms. The van der Waals surface area contributed by atoms with Crippen molar-refractivity contribution in [1.29, 1.82) is 0 Å². The van der Waals surface area contributed by atoms with Gasteiger partial charge in [0.1, 0.15) is 0 Å². The van der Waals surface area contributed by atoms with Crippen molar-refractivity contribution in [3.8, 4) is 0 Å². The lowest BCUT2D eigenvalue weighted by molar-refractivity contribution is -0.418. The van der Waals surface area contributed by atoms with Crippen molar-refractivity contribution in [1.82, 2.24) is 0 Å². The zero-order chi connectivity index (χ0) is 19.4. The van der Waals surface area contributed by atoms with Gasteiger partial charge in [0.15, 0.2) is 0 Å². The van der Waals surface area contributed by atoms with Crippen molar-refractivity contribution in [3.05, 3.63) is 110 Å². The molecule has 8 nitrogen and oxygen atoms in total. The second kappa shape index (κ2) is 7.52. The van der Waals surface area contributed by atoms with Gasteiger partial charge in [-0.3, -0.25) is 25.0 Å². The number of rotatable bonds is 4. The fraction of sp³-hybridized carbons (Fsp3) is 0.0526. The summed E-state index contributed by atoms with van der Waals surface area (Å²) in [5.41, 5.74) is 0.937. The summed E-state index contributed by atoms with van der Waals surface area (Å²) in [5, 5.41) is 21.9. The first kappa shape index (κ1) is 17.9. The number of carbonyl (C=O) groups excluding carboxylic acids is 1. The molecular formula is C19H13N3O5. The number of nitrogens with zero attached hydrogens (tertiary/aromatic N) is 3. The molecule has 0 radical (unpaired) electrons. The fourth-order valence-electron chi connectivity index (χ4n) is 2.65. The van der Waals surface area contributed by atoms with Gasteiger partial charge >= 0.3 is 0 Å². The van der Waals surface area contributed by atoms with Crippen LogP contribution in [0.1, 0.15) is 21.8 Å². The molecule has 0 saturated heterocycles. The van der Waals surface area contributed by atoms with Gasteiger partial charge in [0.25, 0.3) is 17.3 Å². The number of hydrogen-bond donors (Lipinski definition) is 0. The third-order valence-electron chi connectivity index (χ3n) is 4.00. The first-order valence-corrected chi connectivity index (χ1v) is 7.92. The molecule has 2 aromatic carbocycles. The molecule has 1 unspecified atom stereocenters. The third kappa shape index (κ3) is 4.01. The van der Waals surface area contributed by atoms with Crippen LogP contribution in [0.3, 0.4) is 0 Å². The van der Waals surface area contributed by atoms with Crippen LogP contribution in [0.25, 0.3) is 0 Å². The van der Waals surface area contributed by atoms with Crippen LogP contribution in [-0.2, 0) is 0 Å². The summed E-state index contributed by atoms with van der Waals surface area (Å²) in [7, 11) is 0. The van der Waals surface area contributed by atoms with Crippen LogP contribution < -0.4 is 0 Å². The number of benzene rings is 2. The van der Waals surface area contributed by atoms with Crippen molar-refractivity contribution >= 4 is 17.3 Å². The van der Waals surface area contributed by atoms with Crippen LogP contribution in [-0.4, -0.2) is 21.5 Å². The molecule has 2 aromatic rings. The summed E-state index contributed by atoms with van der Waals surface area (Å²) in [5.74, 6) is -1.05. The highest BCUT2D eigenvalue weighted by Crippen LogP contribution is 2.27. The lowest BCUT2D eigenvalue weighted by Gasteiger charge is -2.16. The van der Waals surface area contributed by atoms with E-state index in [0.717, 1.165) is 0 Å². The maximum atomic E-state index is 12.4. The number of carbonyl (C=O) groups is 1. The average Bonchev–Trinajstić information content (AvgIpc) is 2.68. The minimum atomic E-state index is -0.564. The lowest BCUT2D eigenvalue weighted by Crippen LogP contribution is -2.16. The molecule has 1 amide bonds. The zero-order valence-electron chi connectivity index (χ0n) is 13.9.